The van der Waals surface area contributed by atoms with Crippen molar-refractivity contribution in [1.29, 1.82) is 0 Å². The van der Waals surface area contributed by atoms with Crippen LogP contribution < -0.4 is 5.84 Å². The summed E-state index contributed by atoms with van der Waals surface area (Å²) in [6.45, 7) is 6.30. The van der Waals surface area contributed by atoms with E-state index < -0.39 is 0 Å². The first-order chi connectivity index (χ1) is 5.77. The Labute approximate surface area is 75.5 Å². The van der Waals surface area contributed by atoms with Crippen LogP contribution in [0.4, 0.5) is 0 Å². The van der Waals surface area contributed by atoms with Crippen LogP contribution in [0.2, 0.25) is 0 Å². The lowest BCUT2D eigenvalue weighted by molar-refractivity contribution is 0.208. The minimum atomic E-state index is 0.682. The lowest BCUT2D eigenvalue weighted by Crippen LogP contribution is -2.37. The smallest absolute Gasteiger partial charge is 0.0288 e. The van der Waals surface area contributed by atoms with E-state index in [1.54, 1.807) is 0 Å². The highest BCUT2D eigenvalue weighted by molar-refractivity contribution is 4.92. The fraction of sp³-hybridized carbons (Fsp3) is 1.00. The first kappa shape index (κ1) is 9.96. The number of rotatable bonds is 0. The Balaban J connectivity index is 0.000000336. The molecule has 2 unspecified atom stereocenters. The summed E-state index contributed by atoms with van der Waals surface area (Å²) < 4.78 is 0. The van der Waals surface area contributed by atoms with Gasteiger partial charge in [0.1, 0.15) is 0 Å². The zero-order chi connectivity index (χ0) is 9.14. The van der Waals surface area contributed by atoms with E-state index in [1.807, 2.05) is 18.9 Å². The van der Waals surface area contributed by atoms with Gasteiger partial charge in [0.05, 0.1) is 0 Å². The molecule has 2 N–H and O–H groups in total. The van der Waals surface area contributed by atoms with E-state index in [0.29, 0.717) is 6.04 Å². The molecule has 0 radical (unpaired) electrons. The van der Waals surface area contributed by atoms with E-state index >= 15 is 0 Å². The van der Waals surface area contributed by atoms with Gasteiger partial charge in [0.15, 0.2) is 0 Å². The predicted molar refractivity (Wildman–Crippen MR) is 51.7 cm³/mol. The molecule has 2 bridgehead atoms. The van der Waals surface area contributed by atoms with Crippen LogP contribution in [0.5, 0.6) is 0 Å². The molecule has 0 saturated carbocycles. The monoisotopic (exact) mass is 171 g/mol. The first-order valence-electron chi connectivity index (χ1n) is 4.99. The summed E-state index contributed by atoms with van der Waals surface area (Å²) in [7, 11) is 2.19. The fourth-order valence-electron chi connectivity index (χ4n) is 2.05. The molecule has 3 heteroatoms. The molecule has 0 aliphatic carbocycles. The molecule has 2 atom stereocenters. The summed E-state index contributed by atoms with van der Waals surface area (Å²) in [6, 6.07) is 1.42. The summed E-state index contributed by atoms with van der Waals surface area (Å²) in [4.78, 5) is 2.42. The van der Waals surface area contributed by atoms with Gasteiger partial charge in [0.2, 0.25) is 0 Å². The van der Waals surface area contributed by atoms with E-state index in [4.69, 9.17) is 5.84 Å². The van der Waals surface area contributed by atoms with Gasteiger partial charge >= 0.3 is 0 Å². The van der Waals surface area contributed by atoms with Crippen molar-refractivity contribution in [2.75, 3.05) is 20.1 Å². The SMILES string of the molecule is CC.CN1CCC2CC1CN2N. The van der Waals surface area contributed by atoms with Gasteiger partial charge in [-0.2, -0.15) is 0 Å². The van der Waals surface area contributed by atoms with Gasteiger partial charge in [0.25, 0.3) is 0 Å². The van der Waals surface area contributed by atoms with Crippen molar-refractivity contribution >= 4 is 0 Å². The normalized spacial score (nSPS) is 36.0. The third-order valence-electron chi connectivity index (χ3n) is 2.87. The number of piperidine rings is 1. The molecular weight excluding hydrogens is 150 g/mol. The quantitative estimate of drug-likeness (QED) is 0.544. The second-order valence-electron chi connectivity index (χ2n) is 3.51. The minimum Gasteiger partial charge on any atom is -0.302 e. The van der Waals surface area contributed by atoms with Crippen molar-refractivity contribution in [2.24, 2.45) is 5.84 Å². The first-order valence-corrected chi connectivity index (χ1v) is 4.99. The van der Waals surface area contributed by atoms with Crippen molar-refractivity contribution in [3.63, 3.8) is 0 Å². The number of likely N-dealkylation sites (N-methyl/N-ethyl adjacent to an activating group) is 1. The lowest BCUT2D eigenvalue weighted by atomic mass is 10.0. The molecule has 0 aromatic rings. The molecule has 2 saturated heterocycles. The highest BCUT2D eigenvalue weighted by atomic mass is 15.5. The molecule has 2 fully saturated rings. The summed E-state index contributed by atoms with van der Waals surface area (Å²) in [5.41, 5.74) is 0. The highest BCUT2D eigenvalue weighted by Crippen LogP contribution is 2.25. The van der Waals surface area contributed by atoms with Crippen LogP contribution in [-0.2, 0) is 0 Å². The van der Waals surface area contributed by atoms with Gasteiger partial charge in [0, 0.05) is 18.6 Å². The average Bonchev–Trinajstić information content (AvgIpc) is 2.41. The molecule has 0 amide bonds. The topological polar surface area (TPSA) is 32.5 Å². The Morgan fingerprint density at radius 1 is 1.25 bits per heavy atom. The van der Waals surface area contributed by atoms with Crippen LogP contribution in [0.25, 0.3) is 0 Å². The Kier molecular flexibility index (Phi) is 3.50. The number of hydrazine groups is 1. The molecule has 3 nitrogen and oxygen atoms in total. The van der Waals surface area contributed by atoms with Crippen molar-refractivity contribution in [1.82, 2.24) is 9.91 Å². The molecule has 2 heterocycles. The van der Waals surface area contributed by atoms with E-state index in [-0.39, 0.29) is 0 Å². The van der Waals surface area contributed by atoms with Gasteiger partial charge in [-0.3, -0.25) is 5.84 Å². The number of nitrogens with zero attached hydrogens (tertiary/aromatic N) is 2. The summed E-state index contributed by atoms with van der Waals surface area (Å²) in [5.74, 6) is 5.79. The maximum absolute atomic E-state index is 5.79. The molecular formula is C9H21N3. The van der Waals surface area contributed by atoms with E-state index in [0.717, 1.165) is 12.6 Å². The lowest BCUT2D eigenvalue weighted by Gasteiger charge is -2.28. The molecule has 2 rings (SSSR count). The van der Waals surface area contributed by atoms with Crippen LogP contribution in [0.15, 0.2) is 0 Å². The van der Waals surface area contributed by atoms with Gasteiger partial charge < -0.3 is 4.90 Å². The van der Waals surface area contributed by atoms with Crippen LogP contribution in [0.1, 0.15) is 26.7 Å². The van der Waals surface area contributed by atoms with Crippen molar-refractivity contribution < 1.29 is 0 Å². The Morgan fingerprint density at radius 3 is 2.50 bits per heavy atom. The number of nitrogens with two attached hydrogens (primary N) is 1. The van der Waals surface area contributed by atoms with Crippen molar-refractivity contribution in [2.45, 2.75) is 38.8 Å². The summed E-state index contributed by atoms with van der Waals surface area (Å²) in [6.07, 6.45) is 2.54. The molecule has 2 aliphatic heterocycles. The Hall–Kier alpha value is -0.120. The van der Waals surface area contributed by atoms with Gasteiger partial charge in [-0.15, -0.1) is 0 Å². The second-order valence-corrected chi connectivity index (χ2v) is 3.51. The minimum absolute atomic E-state index is 0.682. The van der Waals surface area contributed by atoms with Crippen LogP contribution in [0.3, 0.4) is 0 Å². The molecule has 72 valence electrons. The fourth-order valence-corrected chi connectivity index (χ4v) is 2.05. The van der Waals surface area contributed by atoms with E-state index in [2.05, 4.69) is 11.9 Å². The zero-order valence-electron chi connectivity index (χ0n) is 8.45. The number of likely N-dealkylation sites (tertiary alicyclic amines) is 1. The van der Waals surface area contributed by atoms with Crippen LogP contribution in [0, 0.1) is 0 Å². The molecule has 0 aromatic heterocycles. The number of fused-ring (bicyclic) bond motifs is 2. The van der Waals surface area contributed by atoms with Crippen molar-refractivity contribution in [3.05, 3.63) is 0 Å². The van der Waals surface area contributed by atoms with Gasteiger partial charge in [-0.25, -0.2) is 5.01 Å². The Bertz CT molecular complexity index is 136. The maximum atomic E-state index is 5.79. The van der Waals surface area contributed by atoms with Crippen LogP contribution in [-0.4, -0.2) is 42.1 Å². The molecule has 0 aromatic carbocycles. The standard InChI is InChI=1S/C7H15N3.C2H6/c1-9-3-2-6-4-7(9)5-10(6)8;1-2/h6-7H,2-5,8H2,1H3;1-2H3. The zero-order valence-corrected chi connectivity index (χ0v) is 8.45. The third-order valence-corrected chi connectivity index (χ3v) is 2.87. The van der Waals surface area contributed by atoms with Gasteiger partial charge in [-0.1, -0.05) is 13.8 Å². The maximum Gasteiger partial charge on any atom is 0.0288 e. The molecule has 0 spiro atoms. The third kappa shape index (κ3) is 1.79. The largest absolute Gasteiger partial charge is 0.302 e. The van der Waals surface area contributed by atoms with Gasteiger partial charge in [-0.05, 0) is 26.4 Å². The van der Waals surface area contributed by atoms with Crippen molar-refractivity contribution in [3.8, 4) is 0 Å². The summed E-state index contributed by atoms with van der Waals surface area (Å²) in [5, 5.41) is 2.01. The van der Waals surface area contributed by atoms with E-state index in [9.17, 15) is 0 Å². The second kappa shape index (κ2) is 4.21. The molecule has 12 heavy (non-hydrogen) atoms. The number of hydrogen-bond donors (Lipinski definition) is 1. The average molecular weight is 171 g/mol. The highest BCUT2D eigenvalue weighted by Gasteiger charge is 2.36. The summed E-state index contributed by atoms with van der Waals surface area (Å²) >= 11 is 0. The van der Waals surface area contributed by atoms with Crippen LogP contribution >= 0.6 is 0 Å². The molecule has 2 aliphatic rings. The number of hydrogen-bond acceptors (Lipinski definition) is 3. The predicted octanol–water partition coefficient (Wildman–Crippen LogP) is 0.665. The Morgan fingerprint density at radius 2 is 1.92 bits per heavy atom. The van der Waals surface area contributed by atoms with E-state index in [1.165, 1.54) is 19.4 Å².